The monoisotopic (exact) mass is 452 g/mol. The van der Waals surface area contributed by atoms with E-state index in [1.165, 1.54) is 50.3 Å². The van der Waals surface area contributed by atoms with Crippen LogP contribution in [-0.4, -0.2) is 44.7 Å². The highest BCUT2D eigenvalue weighted by atomic mass is 35.5. The SMILES string of the molecule is CS(=O)(=O)N(CC(=O)NCCCSC1CCCCC1)c1ccc(Cl)c(Cl)c1. The number of thioether (sulfide) groups is 1. The molecule has 1 aliphatic carbocycles. The zero-order valence-electron chi connectivity index (χ0n) is 15.4. The number of anilines is 1. The van der Waals surface area contributed by atoms with Crippen LogP contribution < -0.4 is 9.62 Å². The van der Waals surface area contributed by atoms with Gasteiger partial charge >= 0.3 is 0 Å². The lowest BCUT2D eigenvalue weighted by Gasteiger charge is -2.22. The molecule has 0 atom stereocenters. The Kier molecular flexibility index (Phi) is 9.05. The summed E-state index contributed by atoms with van der Waals surface area (Å²) < 4.78 is 25.2. The predicted molar refractivity (Wildman–Crippen MR) is 116 cm³/mol. The van der Waals surface area contributed by atoms with Gasteiger partial charge in [-0.1, -0.05) is 42.5 Å². The van der Waals surface area contributed by atoms with Crippen LogP contribution in [0.4, 0.5) is 5.69 Å². The Morgan fingerprint density at radius 3 is 2.56 bits per heavy atom. The predicted octanol–water partition coefficient (Wildman–Crippen LogP) is 4.33. The molecule has 0 radical (unpaired) electrons. The lowest BCUT2D eigenvalue weighted by atomic mass is 10.0. The van der Waals surface area contributed by atoms with Gasteiger partial charge in [0, 0.05) is 11.8 Å². The van der Waals surface area contributed by atoms with Crippen LogP contribution in [0, 0.1) is 0 Å². The van der Waals surface area contributed by atoms with Gasteiger partial charge in [-0.15, -0.1) is 0 Å². The minimum Gasteiger partial charge on any atom is -0.354 e. The van der Waals surface area contributed by atoms with Gasteiger partial charge in [-0.3, -0.25) is 9.10 Å². The average molecular weight is 453 g/mol. The van der Waals surface area contributed by atoms with Crippen molar-refractivity contribution in [3.05, 3.63) is 28.2 Å². The van der Waals surface area contributed by atoms with Crippen LogP contribution in [0.25, 0.3) is 0 Å². The largest absolute Gasteiger partial charge is 0.354 e. The molecule has 0 spiro atoms. The normalized spacial score (nSPS) is 15.5. The third-order valence-corrected chi connectivity index (χ3v) is 7.77. The maximum atomic E-state index is 12.2. The summed E-state index contributed by atoms with van der Waals surface area (Å²) in [5.74, 6) is 0.669. The van der Waals surface area contributed by atoms with Crippen molar-refractivity contribution in [3.8, 4) is 0 Å². The van der Waals surface area contributed by atoms with E-state index in [4.69, 9.17) is 23.2 Å². The number of hydrogen-bond donors (Lipinski definition) is 1. The molecular weight excluding hydrogens is 427 g/mol. The minimum atomic E-state index is -3.63. The van der Waals surface area contributed by atoms with Gasteiger partial charge in [-0.25, -0.2) is 8.42 Å². The van der Waals surface area contributed by atoms with E-state index in [-0.39, 0.29) is 17.5 Å². The maximum absolute atomic E-state index is 12.2. The molecule has 1 amide bonds. The number of carbonyl (C=O) groups is 1. The molecule has 0 bridgehead atoms. The summed E-state index contributed by atoms with van der Waals surface area (Å²) in [5.41, 5.74) is 0.315. The van der Waals surface area contributed by atoms with Crippen LogP contribution in [0.5, 0.6) is 0 Å². The highest BCUT2D eigenvalue weighted by Gasteiger charge is 2.21. The average Bonchev–Trinajstić information content (AvgIpc) is 2.62. The number of nitrogens with one attached hydrogen (secondary N) is 1. The fraction of sp³-hybridized carbons (Fsp3) is 0.611. The van der Waals surface area contributed by atoms with Gasteiger partial charge in [0.2, 0.25) is 15.9 Å². The number of halogens is 2. The van der Waals surface area contributed by atoms with E-state index < -0.39 is 10.0 Å². The van der Waals surface area contributed by atoms with E-state index in [9.17, 15) is 13.2 Å². The fourth-order valence-corrected chi connectivity index (χ4v) is 5.46. The van der Waals surface area contributed by atoms with E-state index in [1.54, 1.807) is 0 Å². The molecule has 27 heavy (non-hydrogen) atoms. The van der Waals surface area contributed by atoms with Gasteiger partial charge in [0.25, 0.3) is 0 Å². The Balaban J connectivity index is 1.80. The number of carbonyl (C=O) groups excluding carboxylic acids is 1. The van der Waals surface area contributed by atoms with Crippen molar-refractivity contribution in [2.45, 2.75) is 43.8 Å². The molecule has 0 aromatic heterocycles. The highest BCUT2D eigenvalue weighted by Crippen LogP contribution is 2.29. The third-order valence-electron chi connectivity index (χ3n) is 4.43. The van der Waals surface area contributed by atoms with E-state index >= 15 is 0 Å². The molecule has 0 unspecified atom stereocenters. The van der Waals surface area contributed by atoms with Crippen LogP contribution in [0.3, 0.4) is 0 Å². The number of rotatable bonds is 9. The first-order chi connectivity index (χ1) is 12.8. The van der Waals surface area contributed by atoms with Gasteiger partial charge in [-0.05, 0) is 43.2 Å². The topological polar surface area (TPSA) is 66.5 Å². The Morgan fingerprint density at radius 2 is 1.93 bits per heavy atom. The second-order valence-corrected chi connectivity index (χ2v) is 10.8. The summed E-state index contributed by atoms with van der Waals surface area (Å²) in [6.07, 6.45) is 8.52. The lowest BCUT2D eigenvalue weighted by Crippen LogP contribution is -2.40. The summed E-state index contributed by atoms with van der Waals surface area (Å²) in [7, 11) is -3.63. The van der Waals surface area contributed by atoms with Crippen molar-refractivity contribution in [1.29, 1.82) is 0 Å². The Hall–Kier alpha value is -0.630. The van der Waals surface area contributed by atoms with Gasteiger partial charge in [0.1, 0.15) is 6.54 Å². The third kappa shape index (κ3) is 7.72. The zero-order valence-corrected chi connectivity index (χ0v) is 18.6. The van der Waals surface area contributed by atoms with Crippen LogP contribution in [0.2, 0.25) is 10.0 Å². The minimum absolute atomic E-state index is 0.239. The molecule has 5 nitrogen and oxygen atoms in total. The molecule has 1 N–H and O–H groups in total. The maximum Gasteiger partial charge on any atom is 0.240 e. The van der Waals surface area contributed by atoms with E-state index in [0.29, 0.717) is 17.3 Å². The zero-order chi connectivity index (χ0) is 19.9. The molecule has 0 heterocycles. The number of amides is 1. The summed E-state index contributed by atoms with van der Waals surface area (Å²) >= 11 is 13.8. The molecule has 1 aromatic carbocycles. The number of sulfonamides is 1. The second kappa shape index (κ2) is 10.8. The first-order valence-electron chi connectivity index (χ1n) is 9.08. The summed E-state index contributed by atoms with van der Waals surface area (Å²) in [5, 5.41) is 4.12. The number of hydrogen-bond acceptors (Lipinski definition) is 4. The van der Waals surface area contributed by atoms with Gasteiger partial charge in [-0.2, -0.15) is 11.8 Å². The van der Waals surface area contributed by atoms with Crippen molar-refractivity contribution < 1.29 is 13.2 Å². The number of benzene rings is 1. The molecule has 1 aliphatic rings. The molecule has 2 rings (SSSR count). The van der Waals surface area contributed by atoms with Crippen molar-refractivity contribution in [2.24, 2.45) is 0 Å². The smallest absolute Gasteiger partial charge is 0.240 e. The molecule has 1 aromatic rings. The summed E-state index contributed by atoms with van der Waals surface area (Å²) in [6, 6.07) is 4.49. The van der Waals surface area contributed by atoms with Crippen molar-refractivity contribution in [1.82, 2.24) is 5.32 Å². The molecule has 1 saturated carbocycles. The summed E-state index contributed by atoms with van der Waals surface area (Å²) in [4.78, 5) is 12.2. The molecular formula is C18H26Cl2N2O3S2. The van der Waals surface area contributed by atoms with Crippen molar-refractivity contribution in [2.75, 3.05) is 29.4 Å². The molecule has 0 saturated heterocycles. The van der Waals surface area contributed by atoms with Crippen LogP contribution in [0.1, 0.15) is 38.5 Å². The van der Waals surface area contributed by atoms with E-state index in [0.717, 1.165) is 28.0 Å². The van der Waals surface area contributed by atoms with Gasteiger partial charge in [0.15, 0.2) is 0 Å². The molecule has 152 valence electrons. The Labute approximate surface area is 176 Å². The highest BCUT2D eigenvalue weighted by molar-refractivity contribution is 7.99. The van der Waals surface area contributed by atoms with E-state index in [2.05, 4.69) is 5.32 Å². The van der Waals surface area contributed by atoms with E-state index in [1.807, 2.05) is 11.8 Å². The second-order valence-electron chi connectivity index (χ2n) is 6.70. The molecule has 9 heteroatoms. The standard InChI is InChI=1S/C18H26Cl2N2O3S2/c1-27(24,25)22(14-8-9-16(19)17(20)12-14)13-18(23)21-10-5-11-26-15-6-3-2-4-7-15/h8-9,12,15H,2-7,10-11,13H2,1H3,(H,21,23). The lowest BCUT2D eigenvalue weighted by molar-refractivity contribution is -0.119. The molecule has 1 fully saturated rings. The van der Waals surface area contributed by atoms with Crippen molar-refractivity contribution >= 4 is 56.6 Å². The quantitative estimate of drug-likeness (QED) is 0.566. The first kappa shape index (κ1) is 22.7. The molecule has 0 aliphatic heterocycles. The van der Waals surface area contributed by atoms with Crippen LogP contribution in [0.15, 0.2) is 18.2 Å². The fourth-order valence-electron chi connectivity index (χ4n) is 3.01. The Morgan fingerprint density at radius 1 is 1.22 bits per heavy atom. The Bertz CT molecular complexity index is 738. The van der Waals surface area contributed by atoms with Crippen molar-refractivity contribution in [3.63, 3.8) is 0 Å². The van der Waals surface area contributed by atoms with Gasteiger partial charge < -0.3 is 5.32 Å². The van der Waals surface area contributed by atoms with Crippen LogP contribution in [-0.2, 0) is 14.8 Å². The van der Waals surface area contributed by atoms with Gasteiger partial charge in [0.05, 0.1) is 22.0 Å². The van der Waals surface area contributed by atoms with Crippen LogP contribution >= 0.6 is 35.0 Å². The number of nitrogens with zero attached hydrogens (tertiary/aromatic N) is 1. The first-order valence-corrected chi connectivity index (χ1v) is 12.7. The summed E-state index contributed by atoms with van der Waals surface area (Å²) in [6.45, 7) is 0.254.